The molecule has 0 N–H and O–H groups in total. The molecule has 0 saturated carbocycles. The van der Waals surface area contributed by atoms with Crippen molar-refractivity contribution in [1.29, 1.82) is 0 Å². The average molecular weight is 243 g/mol. The standard InChI is InChI=1S/C15H17NO2/c1-10-13(9-17)14(18-16-10)11-5-7-12(8-6-11)15(2,3)4/h5-9H,1-4H3. The maximum atomic E-state index is 11.0. The van der Waals surface area contributed by atoms with E-state index in [-0.39, 0.29) is 5.41 Å². The third-order valence-corrected chi connectivity index (χ3v) is 3.04. The van der Waals surface area contributed by atoms with Crippen LogP contribution in [0.1, 0.15) is 42.4 Å². The Balaban J connectivity index is 2.43. The smallest absolute Gasteiger partial charge is 0.177 e. The maximum Gasteiger partial charge on any atom is 0.177 e. The van der Waals surface area contributed by atoms with E-state index >= 15 is 0 Å². The second-order valence-corrected chi connectivity index (χ2v) is 5.46. The number of carbonyl (C=O) groups excluding carboxylic acids is 1. The Labute approximate surface area is 107 Å². The number of aldehydes is 1. The Kier molecular flexibility index (Phi) is 3.07. The minimum atomic E-state index is 0.114. The number of carbonyl (C=O) groups is 1. The van der Waals surface area contributed by atoms with Gasteiger partial charge in [0, 0.05) is 5.56 Å². The zero-order valence-corrected chi connectivity index (χ0v) is 11.2. The van der Waals surface area contributed by atoms with Gasteiger partial charge in [-0.25, -0.2) is 0 Å². The van der Waals surface area contributed by atoms with Crippen molar-refractivity contribution in [2.75, 3.05) is 0 Å². The van der Waals surface area contributed by atoms with E-state index in [2.05, 4.69) is 38.1 Å². The van der Waals surface area contributed by atoms with Gasteiger partial charge < -0.3 is 4.52 Å². The molecule has 1 heterocycles. The van der Waals surface area contributed by atoms with Gasteiger partial charge in [0.1, 0.15) is 0 Å². The van der Waals surface area contributed by atoms with E-state index in [1.807, 2.05) is 12.1 Å². The number of hydrogen-bond donors (Lipinski definition) is 0. The summed E-state index contributed by atoms with van der Waals surface area (Å²) in [7, 11) is 0. The van der Waals surface area contributed by atoms with Crippen molar-refractivity contribution in [3.8, 4) is 11.3 Å². The van der Waals surface area contributed by atoms with E-state index in [4.69, 9.17) is 4.52 Å². The molecule has 0 spiro atoms. The predicted octanol–water partition coefficient (Wildman–Crippen LogP) is 3.76. The second-order valence-electron chi connectivity index (χ2n) is 5.46. The fourth-order valence-electron chi connectivity index (χ4n) is 1.85. The largest absolute Gasteiger partial charge is 0.355 e. The van der Waals surface area contributed by atoms with Crippen LogP contribution in [0, 0.1) is 6.92 Å². The molecule has 0 aliphatic carbocycles. The molecular formula is C15H17NO2. The van der Waals surface area contributed by atoms with E-state index in [0.717, 1.165) is 11.8 Å². The van der Waals surface area contributed by atoms with Crippen LogP contribution in [0.3, 0.4) is 0 Å². The van der Waals surface area contributed by atoms with Crippen LogP contribution in [-0.2, 0) is 5.41 Å². The summed E-state index contributed by atoms with van der Waals surface area (Å²) in [6, 6.07) is 8.05. The highest BCUT2D eigenvalue weighted by molar-refractivity contribution is 5.86. The molecule has 2 aromatic rings. The molecule has 0 saturated heterocycles. The molecule has 0 amide bonds. The minimum absolute atomic E-state index is 0.114. The van der Waals surface area contributed by atoms with Gasteiger partial charge in [0.05, 0.1) is 11.3 Å². The van der Waals surface area contributed by atoms with E-state index in [1.165, 1.54) is 5.56 Å². The zero-order valence-electron chi connectivity index (χ0n) is 11.2. The number of rotatable bonds is 2. The Hall–Kier alpha value is -1.90. The number of aryl methyl sites for hydroxylation is 1. The fraction of sp³-hybridized carbons (Fsp3) is 0.333. The summed E-state index contributed by atoms with van der Waals surface area (Å²) in [5, 5.41) is 3.83. The average Bonchev–Trinajstić information content (AvgIpc) is 2.69. The van der Waals surface area contributed by atoms with Gasteiger partial charge in [0.25, 0.3) is 0 Å². The van der Waals surface area contributed by atoms with Crippen LogP contribution in [0.4, 0.5) is 0 Å². The van der Waals surface area contributed by atoms with Crippen molar-refractivity contribution < 1.29 is 9.32 Å². The number of benzene rings is 1. The van der Waals surface area contributed by atoms with E-state index < -0.39 is 0 Å². The highest BCUT2D eigenvalue weighted by Crippen LogP contribution is 2.28. The van der Waals surface area contributed by atoms with Gasteiger partial charge in [0.15, 0.2) is 12.0 Å². The summed E-state index contributed by atoms with van der Waals surface area (Å²) in [4.78, 5) is 11.0. The lowest BCUT2D eigenvalue weighted by Crippen LogP contribution is -2.10. The topological polar surface area (TPSA) is 43.1 Å². The molecule has 0 aliphatic heterocycles. The predicted molar refractivity (Wildman–Crippen MR) is 70.8 cm³/mol. The van der Waals surface area contributed by atoms with Crippen molar-refractivity contribution in [1.82, 2.24) is 5.16 Å². The lowest BCUT2D eigenvalue weighted by atomic mass is 9.86. The van der Waals surface area contributed by atoms with E-state index in [0.29, 0.717) is 17.0 Å². The number of nitrogens with zero attached hydrogens (tertiary/aromatic N) is 1. The van der Waals surface area contributed by atoms with Crippen LogP contribution in [-0.4, -0.2) is 11.4 Å². The lowest BCUT2D eigenvalue weighted by molar-refractivity contribution is 0.112. The normalized spacial score (nSPS) is 11.6. The summed E-state index contributed by atoms with van der Waals surface area (Å²) < 4.78 is 5.22. The zero-order chi connectivity index (χ0) is 13.3. The molecule has 3 nitrogen and oxygen atoms in total. The van der Waals surface area contributed by atoms with Crippen molar-refractivity contribution in [3.05, 3.63) is 41.1 Å². The molecule has 3 heteroatoms. The summed E-state index contributed by atoms with van der Waals surface area (Å²) >= 11 is 0. The monoisotopic (exact) mass is 243 g/mol. The van der Waals surface area contributed by atoms with Crippen LogP contribution in [0.25, 0.3) is 11.3 Å². The van der Waals surface area contributed by atoms with Crippen LogP contribution >= 0.6 is 0 Å². The Bertz CT molecular complexity index is 559. The van der Waals surface area contributed by atoms with Gasteiger partial charge in [-0.3, -0.25) is 4.79 Å². The molecule has 1 aromatic carbocycles. The molecule has 1 aromatic heterocycles. The molecule has 0 radical (unpaired) electrons. The van der Waals surface area contributed by atoms with Gasteiger partial charge in [-0.1, -0.05) is 50.2 Å². The fourth-order valence-corrected chi connectivity index (χ4v) is 1.85. The first-order chi connectivity index (χ1) is 8.43. The summed E-state index contributed by atoms with van der Waals surface area (Å²) in [6.45, 7) is 8.26. The van der Waals surface area contributed by atoms with Crippen LogP contribution in [0.5, 0.6) is 0 Å². The van der Waals surface area contributed by atoms with E-state index in [9.17, 15) is 4.79 Å². The summed E-state index contributed by atoms with van der Waals surface area (Å²) in [5.74, 6) is 0.544. The first-order valence-electron chi connectivity index (χ1n) is 5.96. The van der Waals surface area contributed by atoms with Crippen LogP contribution in [0.2, 0.25) is 0 Å². The maximum absolute atomic E-state index is 11.0. The third kappa shape index (κ3) is 2.21. The molecule has 0 aliphatic rings. The van der Waals surface area contributed by atoms with Crippen LogP contribution in [0.15, 0.2) is 28.8 Å². The molecule has 0 atom stereocenters. The Morgan fingerprint density at radius 3 is 2.28 bits per heavy atom. The first kappa shape index (κ1) is 12.6. The van der Waals surface area contributed by atoms with Gasteiger partial charge in [-0.05, 0) is 17.9 Å². The molecule has 94 valence electrons. The van der Waals surface area contributed by atoms with E-state index in [1.54, 1.807) is 6.92 Å². The molecule has 0 bridgehead atoms. The van der Waals surface area contributed by atoms with Crippen molar-refractivity contribution in [2.45, 2.75) is 33.1 Å². The lowest BCUT2D eigenvalue weighted by Gasteiger charge is -2.18. The van der Waals surface area contributed by atoms with Gasteiger partial charge in [-0.2, -0.15) is 0 Å². The molecule has 0 fully saturated rings. The molecule has 0 unspecified atom stereocenters. The van der Waals surface area contributed by atoms with Crippen molar-refractivity contribution in [2.24, 2.45) is 0 Å². The Morgan fingerprint density at radius 1 is 1.17 bits per heavy atom. The highest BCUT2D eigenvalue weighted by atomic mass is 16.5. The third-order valence-electron chi connectivity index (χ3n) is 3.04. The SMILES string of the molecule is Cc1noc(-c2ccc(C(C)(C)C)cc2)c1C=O. The minimum Gasteiger partial charge on any atom is -0.355 e. The Morgan fingerprint density at radius 2 is 1.78 bits per heavy atom. The van der Waals surface area contributed by atoms with Crippen molar-refractivity contribution in [3.63, 3.8) is 0 Å². The molecular weight excluding hydrogens is 226 g/mol. The molecule has 2 rings (SSSR count). The van der Waals surface area contributed by atoms with Crippen LogP contribution < -0.4 is 0 Å². The van der Waals surface area contributed by atoms with Gasteiger partial charge in [0.2, 0.25) is 0 Å². The van der Waals surface area contributed by atoms with Crippen molar-refractivity contribution >= 4 is 6.29 Å². The second kappa shape index (κ2) is 4.41. The summed E-state index contributed by atoms with van der Waals surface area (Å²) in [6.07, 6.45) is 0.791. The molecule has 18 heavy (non-hydrogen) atoms. The number of hydrogen-bond acceptors (Lipinski definition) is 3. The van der Waals surface area contributed by atoms with Gasteiger partial charge >= 0.3 is 0 Å². The van der Waals surface area contributed by atoms with Gasteiger partial charge in [-0.15, -0.1) is 0 Å². The summed E-state index contributed by atoms with van der Waals surface area (Å²) in [5.41, 5.74) is 3.39. The number of aromatic nitrogens is 1. The highest BCUT2D eigenvalue weighted by Gasteiger charge is 2.16. The quantitative estimate of drug-likeness (QED) is 0.754. The first-order valence-corrected chi connectivity index (χ1v) is 5.96.